The van der Waals surface area contributed by atoms with Crippen molar-refractivity contribution in [1.82, 2.24) is 5.43 Å². The number of nitrogens with zero attached hydrogens (tertiary/aromatic N) is 1. The van der Waals surface area contributed by atoms with Crippen LogP contribution in [0.4, 0.5) is 0 Å². The fraction of sp³-hybridized carbons (Fsp3) is 0. The van der Waals surface area contributed by atoms with Crippen molar-refractivity contribution < 1.29 is 14.3 Å². The van der Waals surface area contributed by atoms with Crippen molar-refractivity contribution in [3.8, 4) is 5.75 Å². The molecule has 0 atom stereocenters. The molecule has 0 aliphatic heterocycles. The van der Waals surface area contributed by atoms with Gasteiger partial charge in [0.1, 0.15) is 5.75 Å². The summed E-state index contributed by atoms with van der Waals surface area (Å²) in [5.41, 5.74) is 4.63. The fourth-order valence-corrected chi connectivity index (χ4v) is 2.84. The Hall–Kier alpha value is -3.51. The summed E-state index contributed by atoms with van der Waals surface area (Å²) in [6.45, 7) is 0. The molecule has 0 fully saturated rings. The molecule has 0 saturated heterocycles. The van der Waals surface area contributed by atoms with Gasteiger partial charge in [-0.05, 0) is 69.5 Å². The molecule has 5 nitrogen and oxygen atoms in total. The van der Waals surface area contributed by atoms with Crippen LogP contribution in [0.3, 0.4) is 0 Å². The maximum Gasteiger partial charge on any atom is 0.336 e. The Morgan fingerprint density at radius 3 is 2.28 bits per heavy atom. The smallest absolute Gasteiger partial charge is 0.336 e. The van der Waals surface area contributed by atoms with Gasteiger partial charge in [-0.3, -0.25) is 4.79 Å². The number of hydrogen-bond acceptors (Lipinski definition) is 4. The summed E-state index contributed by atoms with van der Waals surface area (Å²) in [6.07, 6.45) is 4.58. The molecule has 1 N–H and O–H groups in total. The zero-order chi connectivity index (χ0) is 20.5. The second kappa shape index (κ2) is 10.1. The summed E-state index contributed by atoms with van der Waals surface area (Å²) in [7, 11) is 0. The summed E-state index contributed by atoms with van der Waals surface area (Å²) in [6, 6.07) is 23.4. The summed E-state index contributed by atoms with van der Waals surface area (Å²) in [5.74, 6) is -0.359. The number of halogens is 1. The first-order valence-corrected chi connectivity index (χ1v) is 9.54. The molecule has 1 amide bonds. The van der Waals surface area contributed by atoms with Gasteiger partial charge in [0.15, 0.2) is 0 Å². The third kappa shape index (κ3) is 6.26. The van der Waals surface area contributed by atoms with Crippen molar-refractivity contribution in [1.29, 1.82) is 0 Å². The number of carbonyl (C=O) groups is 2. The SMILES string of the molecule is O=C(/C=C/c1ccccc1)Oc1ccc(/C=N/NC(=O)c2ccccc2Br)cc1. The minimum Gasteiger partial charge on any atom is -0.423 e. The Balaban J connectivity index is 1.52. The Bertz CT molecular complexity index is 1050. The molecule has 0 aliphatic carbocycles. The molecule has 0 aliphatic rings. The van der Waals surface area contributed by atoms with Crippen LogP contribution in [-0.4, -0.2) is 18.1 Å². The van der Waals surface area contributed by atoms with Crippen molar-refractivity contribution in [3.63, 3.8) is 0 Å². The first-order chi connectivity index (χ1) is 14.1. The quantitative estimate of drug-likeness (QED) is 0.193. The monoisotopic (exact) mass is 448 g/mol. The van der Waals surface area contributed by atoms with Crippen LogP contribution in [0, 0.1) is 0 Å². The maximum absolute atomic E-state index is 12.1. The number of esters is 1. The molecule has 3 aromatic carbocycles. The number of hydrazone groups is 1. The molecule has 0 spiro atoms. The van der Waals surface area contributed by atoms with Crippen molar-refractivity contribution >= 4 is 40.1 Å². The molecule has 0 unspecified atom stereocenters. The van der Waals surface area contributed by atoms with Crippen LogP contribution in [0.5, 0.6) is 5.75 Å². The van der Waals surface area contributed by atoms with E-state index in [1.54, 1.807) is 48.5 Å². The molecule has 0 saturated carbocycles. The van der Waals surface area contributed by atoms with E-state index in [0.29, 0.717) is 15.8 Å². The third-order valence-corrected chi connectivity index (χ3v) is 4.50. The summed E-state index contributed by atoms with van der Waals surface area (Å²) in [4.78, 5) is 24.0. The van der Waals surface area contributed by atoms with E-state index >= 15 is 0 Å². The number of ether oxygens (including phenoxy) is 1. The number of nitrogens with one attached hydrogen (secondary N) is 1. The first kappa shape index (κ1) is 20.2. The van der Waals surface area contributed by atoms with Crippen LogP contribution in [0.1, 0.15) is 21.5 Å². The molecule has 29 heavy (non-hydrogen) atoms. The zero-order valence-corrected chi connectivity index (χ0v) is 16.9. The predicted molar refractivity (Wildman–Crippen MR) is 117 cm³/mol. The van der Waals surface area contributed by atoms with Crippen LogP contribution in [0.25, 0.3) is 6.08 Å². The standard InChI is InChI=1S/C23H17BrN2O3/c24-21-9-5-4-8-20(21)23(28)26-25-16-18-10-13-19(14-11-18)29-22(27)15-12-17-6-2-1-3-7-17/h1-16H,(H,26,28)/b15-12+,25-16+. The molecule has 144 valence electrons. The van der Waals surface area contributed by atoms with Gasteiger partial charge >= 0.3 is 5.97 Å². The van der Waals surface area contributed by atoms with Crippen LogP contribution < -0.4 is 10.2 Å². The van der Waals surface area contributed by atoms with E-state index in [-0.39, 0.29) is 5.91 Å². The van der Waals surface area contributed by atoms with E-state index in [0.717, 1.165) is 11.1 Å². The van der Waals surface area contributed by atoms with E-state index in [1.165, 1.54) is 12.3 Å². The molecule has 0 bridgehead atoms. The third-order valence-electron chi connectivity index (χ3n) is 3.81. The highest BCUT2D eigenvalue weighted by molar-refractivity contribution is 9.10. The number of rotatable bonds is 6. The Labute approximate surface area is 176 Å². The molecule has 3 rings (SSSR count). The Kier molecular flexibility index (Phi) is 7.08. The summed E-state index contributed by atoms with van der Waals surface area (Å²) in [5, 5.41) is 3.95. The largest absolute Gasteiger partial charge is 0.423 e. The molecule has 3 aromatic rings. The van der Waals surface area contributed by atoms with E-state index < -0.39 is 5.97 Å². The fourth-order valence-electron chi connectivity index (χ4n) is 2.37. The van der Waals surface area contributed by atoms with Gasteiger partial charge in [0.25, 0.3) is 5.91 Å². The lowest BCUT2D eigenvalue weighted by Gasteiger charge is -2.03. The average Bonchev–Trinajstić information content (AvgIpc) is 2.74. The first-order valence-electron chi connectivity index (χ1n) is 8.75. The highest BCUT2D eigenvalue weighted by Crippen LogP contribution is 2.15. The van der Waals surface area contributed by atoms with Crippen molar-refractivity contribution in [2.75, 3.05) is 0 Å². The van der Waals surface area contributed by atoms with E-state index in [9.17, 15) is 9.59 Å². The van der Waals surface area contributed by atoms with Gasteiger partial charge in [-0.25, -0.2) is 10.2 Å². The van der Waals surface area contributed by atoms with Crippen molar-refractivity contribution in [3.05, 3.63) is 106 Å². The van der Waals surface area contributed by atoms with Gasteiger partial charge in [0.05, 0.1) is 11.8 Å². The number of hydrogen-bond donors (Lipinski definition) is 1. The van der Waals surface area contributed by atoms with Crippen LogP contribution in [0.15, 0.2) is 94.5 Å². The van der Waals surface area contributed by atoms with E-state index in [4.69, 9.17) is 4.74 Å². The zero-order valence-electron chi connectivity index (χ0n) is 15.3. The van der Waals surface area contributed by atoms with Crippen LogP contribution in [-0.2, 0) is 4.79 Å². The number of carbonyl (C=O) groups excluding carboxylic acids is 2. The van der Waals surface area contributed by atoms with Gasteiger partial charge in [-0.2, -0.15) is 5.10 Å². The Morgan fingerprint density at radius 1 is 0.862 bits per heavy atom. The maximum atomic E-state index is 12.1. The highest BCUT2D eigenvalue weighted by Gasteiger charge is 2.07. The molecular weight excluding hydrogens is 432 g/mol. The lowest BCUT2D eigenvalue weighted by molar-refractivity contribution is -0.128. The van der Waals surface area contributed by atoms with Crippen molar-refractivity contribution in [2.24, 2.45) is 5.10 Å². The van der Waals surface area contributed by atoms with Gasteiger partial charge in [0.2, 0.25) is 0 Å². The van der Waals surface area contributed by atoms with Crippen molar-refractivity contribution in [2.45, 2.75) is 0 Å². The second-order valence-corrected chi connectivity index (χ2v) is 6.77. The molecule has 6 heteroatoms. The van der Waals surface area contributed by atoms with Gasteiger partial charge < -0.3 is 4.74 Å². The number of amides is 1. The van der Waals surface area contributed by atoms with Gasteiger partial charge in [0, 0.05) is 10.5 Å². The Morgan fingerprint density at radius 2 is 1.55 bits per heavy atom. The molecule has 0 radical (unpaired) electrons. The molecule has 0 heterocycles. The lowest BCUT2D eigenvalue weighted by atomic mass is 10.2. The van der Waals surface area contributed by atoms with E-state index in [1.807, 2.05) is 36.4 Å². The minimum absolute atomic E-state index is 0.315. The summed E-state index contributed by atoms with van der Waals surface area (Å²) < 4.78 is 5.95. The molecular formula is C23H17BrN2O3. The normalized spacial score (nSPS) is 10.9. The lowest BCUT2D eigenvalue weighted by Crippen LogP contribution is -2.18. The highest BCUT2D eigenvalue weighted by atomic mass is 79.9. The topological polar surface area (TPSA) is 67.8 Å². The average molecular weight is 449 g/mol. The van der Waals surface area contributed by atoms with Gasteiger partial charge in [-0.1, -0.05) is 42.5 Å². The second-order valence-electron chi connectivity index (χ2n) is 5.91. The van der Waals surface area contributed by atoms with Crippen LogP contribution >= 0.6 is 15.9 Å². The number of benzene rings is 3. The molecule has 0 aromatic heterocycles. The van der Waals surface area contributed by atoms with Crippen LogP contribution in [0.2, 0.25) is 0 Å². The van der Waals surface area contributed by atoms with Gasteiger partial charge in [-0.15, -0.1) is 0 Å². The van der Waals surface area contributed by atoms with E-state index in [2.05, 4.69) is 26.5 Å². The summed E-state index contributed by atoms with van der Waals surface area (Å²) >= 11 is 3.33. The minimum atomic E-state index is -0.462. The predicted octanol–water partition coefficient (Wildman–Crippen LogP) is 4.83.